The number of hydrogen-bond acceptors (Lipinski definition) is 6. The molecular weight excluding hydrogens is 388 g/mol. The van der Waals surface area contributed by atoms with E-state index in [-0.39, 0.29) is 6.03 Å². The summed E-state index contributed by atoms with van der Waals surface area (Å²) >= 11 is 1.68. The van der Waals surface area contributed by atoms with Gasteiger partial charge in [0.05, 0.1) is 16.4 Å². The first-order chi connectivity index (χ1) is 14.1. The van der Waals surface area contributed by atoms with Crippen molar-refractivity contribution in [2.24, 2.45) is 0 Å². The fourth-order valence-corrected chi connectivity index (χ4v) is 4.09. The van der Waals surface area contributed by atoms with E-state index >= 15 is 0 Å². The average molecular weight is 419 g/mol. The Morgan fingerprint density at radius 2 is 2.10 bits per heavy atom. The van der Waals surface area contributed by atoms with E-state index in [2.05, 4.69) is 20.6 Å². The van der Waals surface area contributed by atoms with Crippen LogP contribution in [0.1, 0.15) is 35.9 Å². The van der Waals surface area contributed by atoms with Gasteiger partial charge in [-0.25, -0.2) is 9.78 Å². The molecule has 1 fully saturated rings. The number of amides is 2. The summed E-state index contributed by atoms with van der Waals surface area (Å²) in [7, 11) is 1.60. The standard InChI is InChI=1S/C21H30N4O3S/c1-4-28-20(27-3)18-8-5-6-9-19(18)23-21(26)25-11-7-10-24(12-13-25)14-17-15-29-16(2)22-17/h5-6,8-9,15,20H,4,7,10-14H2,1-3H3,(H,23,26). The predicted octanol–water partition coefficient (Wildman–Crippen LogP) is 3.87. The van der Waals surface area contributed by atoms with Crippen molar-refractivity contribution in [1.82, 2.24) is 14.8 Å². The van der Waals surface area contributed by atoms with Crippen LogP contribution in [0.4, 0.5) is 10.5 Å². The Balaban J connectivity index is 1.60. The summed E-state index contributed by atoms with van der Waals surface area (Å²) in [5, 5.41) is 6.26. The second-order valence-electron chi connectivity index (χ2n) is 7.01. The van der Waals surface area contributed by atoms with Gasteiger partial charge in [0.1, 0.15) is 0 Å². The number of rotatable bonds is 7. The molecule has 1 aliphatic heterocycles. The Labute approximate surface area is 176 Å². The fourth-order valence-electron chi connectivity index (χ4n) is 3.49. The van der Waals surface area contributed by atoms with Gasteiger partial charge in [0.2, 0.25) is 0 Å². The number of para-hydroxylation sites is 1. The van der Waals surface area contributed by atoms with E-state index in [9.17, 15) is 4.79 Å². The molecule has 1 aromatic carbocycles. The van der Waals surface area contributed by atoms with Crippen molar-refractivity contribution in [3.8, 4) is 0 Å². The molecule has 8 heteroatoms. The van der Waals surface area contributed by atoms with Crippen molar-refractivity contribution in [3.05, 3.63) is 45.9 Å². The van der Waals surface area contributed by atoms with Crippen LogP contribution in [-0.2, 0) is 16.0 Å². The van der Waals surface area contributed by atoms with Gasteiger partial charge in [-0.1, -0.05) is 18.2 Å². The van der Waals surface area contributed by atoms with E-state index in [4.69, 9.17) is 9.47 Å². The molecule has 1 aliphatic rings. The van der Waals surface area contributed by atoms with Gasteiger partial charge in [0, 0.05) is 57.4 Å². The summed E-state index contributed by atoms with van der Waals surface area (Å²) in [5.74, 6) is 0. The predicted molar refractivity (Wildman–Crippen MR) is 115 cm³/mol. The molecule has 2 aromatic rings. The Hall–Kier alpha value is -2.00. The van der Waals surface area contributed by atoms with E-state index in [0.717, 1.165) is 54.6 Å². The third kappa shape index (κ3) is 5.99. The van der Waals surface area contributed by atoms with E-state index in [1.165, 1.54) is 0 Å². The summed E-state index contributed by atoms with van der Waals surface area (Å²) in [5.41, 5.74) is 2.65. The lowest BCUT2D eigenvalue weighted by molar-refractivity contribution is -0.123. The Kier molecular flexibility index (Phi) is 8.00. The molecule has 0 aliphatic carbocycles. The van der Waals surface area contributed by atoms with Crippen LogP contribution in [0.15, 0.2) is 29.6 Å². The molecule has 7 nitrogen and oxygen atoms in total. The minimum atomic E-state index is -0.502. The quantitative estimate of drug-likeness (QED) is 0.692. The topological polar surface area (TPSA) is 66.9 Å². The van der Waals surface area contributed by atoms with Crippen LogP contribution in [-0.4, -0.2) is 60.7 Å². The third-order valence-electron chi connectivity index (χ3n) is 4.92. The van der Waals surface area contributed by atoms with Crippen LogP contribution in [0.2, 0.25) is 0 Å². The molecule has 1 aromatic heterocycles. The van der Waals surface area contributed by atoms with E-state index < -0.39 is 6.29 Å². The summed E-state index contributed by atoms with van der Waals surface area (Å²) < 4.78 is 11.1. The molecule has 0 saturated carbocycles. The smallest absolute Gasteiger partial charge is 0.321 e. The van der Waals surface area contributed by atoms with Crippen molar-refractivity contribution in [3.63, 3.8) is 0 Å². The second kappa shape index (κ2) is 10.7. The van der Waals surface area contributed by atoms with Gasteiger partial charge in [-0.2, -0.15) is 0 Å². The maximum Gasteiger partial charge on any atom is 0.321 e. The Morgan fingerprint density at radius 1 is 1.28 bits per heavy atom. The van der Waals surface area contributed by atoms with Crippen LogP contribution in [0.3, 0.4) is 0 Å². The lowest BCUT2D eigenvalue weighted by Crippen LogP contribution is -2.38. The van der Waals surface area contributed by atoms with E-state index in [1.807, 2.05) is 43.0 Å². The third-order valence-corrected chi connectivity index (χ3v) is 5.74. The lowest BCUT2D eigenvalue weighted by atomic mass is 10.1. The summed E-state index contributed by atoms with van der Waals surface area (Å²) in [6.45, 7) is 8.55. The van der Waals surface area contributed by atoms with Crippen molar-refractivity contribution in [1.29, 1.82) is 0 Å². The number of urea groups is 1. The molecule has 0 radical (unpaired) electrons. The summed E-state index contributed by atoms with van der Waals surface area (Å²) in [6.07, 6.45) is 0.440. The monoisotopic (exact) mass is 418 g/mol. The number of thiazole rings is 1. The molecule has 29 heavy (non-hydrogen) atoms. The number of nitrogens with zero attached hydrogens (tertiary/aromatic N) is 3. The molecule has 1 N–H and O–H groups in total. The zero-order valence-corrected chi connectivity index (χ0v) is 18.2. The van der Waals surface area contributed by atoms with Crippen molar-refractivity contribution in [2.75, 3.05) is 45.2 Å². The van der Waals surface area contributed by atoms with Gasteiger partial charge < -0.3 is 19.7 Å². The van der Waals surface area contributed by atoms with Crippen LogP contribution in [0, 0.1) is 6.92 Å². The molecule has 1 saturated heterocycles. The number of ether oxygens (including phenoxy) is 2. The van der Waals surface area contributed by atoms with Crippen molar-refractivity contribution < 1.29 is 14.3 Å². The number of aryl methyl sites for hydroxylation is 1. The van der Waals surface area contributed by atoms with Gasteiger partial charge >= 0.3 is 6.03 Å². The zero-order chi connectivity index (χ0) is 20.6. The van der Waals surface area contributed by atoms with E-state index in [1.54, 1.807) is 18.4 Å². The molecule has 2 heterocycles. The van der Waals surface area contributed by atoms with Crippen LogP contribution in [0.5, 0.6) is 0 Å². The Bertz CT molecular complexity index is 798. The first-order valence-corrected chi connectivity index (χ1v) is 10.9. The van der Waals surface area contributed by atoms with E-state index in [0.29, 0.717) is 13.2 Å². The van der Waals surface area contributed by atoms with Crippen LogP contribution in [0.25, 0.3) is 0 Å². The molecule has 1 atom stereocenters. The number of anilines is 1. The molecular formula is C21H30N4O3S. The highest BCUT2D eigenvalue weighted by Crippen LogP contribution is 2.26. The maximum absolute atomic E-state index is 12.9. The number of hydrogen-bond donors (Lipinski definition) is 1. The summed E-state index contributed by atoms with van der Waals surface area (Å²) in [6, 6.07) is 7.53. The summed E-state index contributed by atoms with van der Waals surface area (Å²) in [4.78, 5) is 21.7. The molecule has 3 rings (SSSR count). The highest BCUT2D eigenvalue weighted by Gasteiger charge is 2.22. The molecule has 2 amide bonds. The van der Waals surface area contributed by atoms with Gasteiger partial charge in [-0.05, 0) is 26.3 Å². The average Bonchev–Trinajstić information content (AvgIpc) is 2.98. The number of carbonyl (C=O) groups is 1. The van der Waals surface area contributed by atoms with Crippen molar-refractivity contribution >= 4 is 23.1 Å². The minimum absolute atomic E-state index is 0.0878. The zero-order valence-electron chi connectivity index (χ0n) is 17.4. The molecule has 0 spiro atoms. The largest absolute Gasteiger partial charge is 0.352 e. The first-order valence-electron chi connectivity index (χ1n) is 10.0. The minimum Gasteiger partial charge on any atom is -0.352 e. The van der Waals surface area contributed by atoms with Gasteiger partial charge in [-0.3, -0.25) is 4.90 Å². The molecule has 1 unspecified atom stereocenters. The van der Waals surface area contributed by atoms with Crippen LogP contribution < -0.4 is 5.32 Å². The van der Waals surface area contributed by atoms with Gasteiger partial charge in [-0.15, -0.1) is 11.3 Å². The molecule has 158 valence electrons. The van der Waals surface area contributed by atoms with Crippen LogP contribution >= 0.6 is 11.3 Å². The first kappa shape index (κ1) is 21.7. The highest BCUT2D eigenvalue weighted by atomic mass is 32.1. The fraction of sp³-hybridized carbons (Fsp3) is 0.524. The SMILES string of the molecule is CCOC(OC)c1ccccc1NC(=O)N1CCCN(Cc2csc(C)n2)CC1. The van der Waals surface area contributed by atoms with Gasteiger partial charge in [0.25, 0.3) is 0 Å². The molecule has 0 bridgehead atoms. The number of methoxy groups -OCH3 is 1. The lowest BCUT2D eigenvalue weighted by Gasteiger charge is -2.24. The number of aromatic nitrogens is 1. The highest BCUT2D eigenvalue weighted by molar-refractivity contribution is 7.09. The number of benzene rings is 1. The normalized spacial score (nSPS) is 16.4. The van der Waals surface area contributed by atoms with Crippen molar-refractivity contribution in [2.45, 2.75) is 33.1 Å². The Morgan fingerprint density at radius 3 is 2.83 bits per heavy atom. The second-order valence-corrected chi connectivity index (χ2v) is 8.08. The number of carbonyl (C=O) groups excluding carboxylic acids is 1. The number of nitrogens with one attached hydrogen (secondary N) is 1. The maximum atomic E-state index is 12.9. The van der Waals surface area contributed by atoms with Gasteiger partial charge in [0.15, 0.2) is 6.29 Å².